The number of nitrogens with zero attached hydrogens (tertiary/aromatic N) is 1. The fourth-order valence-corrected chi connectivity index (χ4v) is 1.76. The lowest BCUT2D eigenvalue weighted by Crippen LogP contribution is -2.37. The molecular formula is C14H25NO3S. The first kappa shape index (κ1) is 18.1. The van der Waals surface area contributed by atoms with E-state index in [1.807, 2.05) is 0 Å². The van der Waals surface area contributed by atoms with Crippen molar-refractivity contribution in [3.05, 3.63) is 30.1 Å². The average molecular weight is 287 g/mol. The Morgan fingerprint density at radius 2 is 1.79 bits per heavy atom. The van der Waals surface area contributed by atoms with E-state index < -0.39 is 10.1 Å². The van der Waals surface area contributed by atoms with E-state index in [-0.39, 0.29) is 0 Å². The summed E-state index contributed by atoms with van der Waals surface area (Å²) in [6.07, 6.45) is 9.30. The van der Waals surface area contributed by atoms with Gasteiger partial charge in [0.25, 0.3) is 0 Å². The summed E-state index contributed by atoms with van der Waals surface area (Å²) in [5.74, 6) is 0. The van der Waals surface area contributed by atoms with Gasteiger partial charge in [0.1, 0.15) is 6.54 Å². The third kappa shape index (κ3) is 11.9. The summed E-state index contributed by atoms with van der Waals surface area (Å²) in [5.41, 5.74) is 1.45. The van der Waals surface area contributed by atoms with Crippen molar-refractivity contribution in [3.8, 4) is 0 Å². The Morgan fingerprint density at radius 1 is 1.16 bits per heavy atom. The minimum Gasteiger partial charge on any atom is -0.748 e. The number of aromatic nitrogens is 1. The molecule has 0 amide bonds. The summed E-state index contributed by atoms with van der Waals surface area (Å²) in [6, 6.07) is 6.47. The van der Waals surface area contributed by atoms with Crippen LogP contribution in [0.4, 0.5) is 0 Å². The Hall–Kier alpha value is -0.940. The molecule has 0 saturated heterocycles. The third-order valence-electron chi connectivity index (χ3n) is 2.65. The van der Waals surface area contributed by atoms with Crippen LogP contribution in [0.5, 0.6) is 0 Å². The van der Waals surface area contributed by atoms with E-state index in [4.69, 9.17) is 13.0 Å². The fourth-order valence-electron chi connectivity index (χ4n) is 1.76. The Morgan fingerprint density at radius 3 is 2.32 bits per heavy atom. The highest BCUT2D eigenvalue weighted by atomic mass is 32.2. The number of hydrogen-bond donors (Lipinski definition) is 0. The molecule has 0 aliphatic carbocycles. The normalized spacial score (nSPS) is 10.7. The first-order valence-corrected chi connectivity index (χ1v) is 8.58. The van der Waals surface area contributed by atoms with Crippen molar-refractivity contribution in [2.45, 2.75) is 52.5 Å². The van der Waals surface area contributed by atoms with Gasteiger partial charge in [-0.3, -0.25) is 0 Å². The van der Waals surface area contributed by atoms with Gasteiger partial charge < -0.3 is 4.55 Å². The predicted molar refractivity (Wildman–Crippen MR) is 75.8 cm³/mol. The smallest absolute Gasteiger partial charge is 0.181 e. The molecule has 0 aromatic carbocycles. The second-order valence-corrected chi connectivity index (χ2v) is 5.91. The van der Waals surface area contributed by atoms with Crippen molar-refractivity contribution in [3.63, 3.8) is 0 Å². The van der Waals surface area contributed by atoms with E-state index in [0.717, 1.165) is 6.42 Å². The molecule has 0 bridgehead atoms. The molecule has 4 nitrogen and oxygen atoms in total. The molecule has 0 atom stereocenters. The monoisotopic (exact) mass is 287 g/mol. The highest BCUT2D eigenvalue weighted by Gasteiger charge is 2.05. The minimum atomic E-state index is -3.92. The van der Waals surface area contributed by atoms with Gasteiger partial charge in [-0.1, -0.05) is 32.8 Å². The molecule has 1 aromatic rings. The van der Waals surface area contributed by atoms with Gasteiger partial charge >= 0.3 is 0 Å². The predicted octanol–water partition coefficient (Wildman–Crippen LogP) is 2.28. The maximum absolute atomic E-state index is 9.08. The van der Waals surface area contributed by atoms with Gasteiger partial charge in [0.15, 0.2) is 11.9 Å². The van der Waals surface area contributed by atoms with Crippen LogP contribution in [0.2, 0.25) is 0 Å². The molecule has 0 aliphatic rings. The molecule has 0 radical (unpaired) electrons. The van der Waals surface area contributed by atoms with Crippen molar-refractivity contribution in [2.24, 2.45) is 0 Å². The van der Waals surface area contributed by atoms with Crippen molar-refractivity contribution in [1.82, 2.24) is 0 Å². The lowest BCUT2D eigenvalue weighted by molar-refractivity contribution is -0.704. The van der Waals surface area contributed by atoms with Crippen LogP contribution >= 0.6 is 0 Å². The highest BCUT2D eigenvalue weighted by Crippen LogP contribution is 1.99. The van der Waals surface area contributed by atoms with E-state index in [0.29, 0.717) is 6.26 Å². The van der Waals surface area contributed by atoms with Crippen LogP contribution in [0.25, 0.3) is 0 Å². The van der Waals surface area contributed by atoms with Crippen LogP contribution in [0.1, 0.15) is 45.2 Å². The SMILES string of the molecule is CCCCCC[n+]1ccccc1CC.CS(=O)(=O)[O-]. The van der Waals surface area contributed by atoms with Crippen LogP contribution in [-0.4, -0.2) is 19.2 Å². The lowest BCUT2D eigenvalue weighted by Gasteiger charge is -2.01. The van der Waals surface area contributed by atoms with Gasteiger partial charge in [0.2, 0.25) is 0 Å². The molecular weight excluding hydrogens is 262 g/mol. The molecule has 110 valence electrons. The Bertz CT molecular complexity index is 436. The standard InChI is InChI=1S/C13H22N.CH4O3S/c1-3-5-6-8-11-14-12-9-7-10-13(14)4-2;1-5(2,3)4/h7,9-10,12H,3-6,8,11H2,1-2H3;1H3,(H,2,3,4)/q+1;/p-1. The second kappa shape index (κ2) is 9.92. The molecule has 0 unspecified atom stereocenters. The van der Waals surface area contributed by atoms with Crippen LogP contribution < -0.4 is 4.57 Å². The second-order valence-electron chi connectivity index (χ2n) is 4.50. The molecule has 0 fully saturated rings. The number of pyridine rings is 1. The molecule has 0 saturated carbocycles. The van der Waals surface area contributed by atoms with Gasteiger partial charge in [-0.2, -0.15) is 0 Å². The van der Waals surface area contributed by atoms with Gasteiger partial charge in [0.05, 0.1) is 10.1 Å². The van der Waals surface area contributed by atoms with E-state index >= 15 is 0 Å². The van der Waals surface area contributed by atoms with Crippen molar-refractivity contribution < 1.29 is 17.5 Å². The maximum Gasteiger partial charge on any atom is 0.181 e. The molecule has 0 aliphatic heterocycles. The number of aryl methyl sites for hydroxylation is 2. The van der Waals surface area contributed by atoms with Crippen LogP contribution in [0, 0.1) is 0 Å². The number of unbranched alkanes of at least 4 members (excludes halogenated alkanes) is 3. The lowest BCUT2D eigenvalue weighted by atomic mass is 10.2. The first-order valence-electron chi connectivity index (χ1n) is 6.76. The molecule has 1 rings (SSSR count). The quantitative estimate of drug-likeness (QED) is 0.458. The van der Waals surface area contributed by atoms with E-state index in [1.165, 1.54) is 37.9 Å². The summed E-state index contributed by atoms with van der Waals surface area (Å²) in [7, 11) is -3.92. The molecule has 1 aromatic heterocycles. The zero-order chi connectivity index (χ0) is 14.7. The van der Waals surface area contributed by atoms with Gasteiger partial charge in [0, 0.05) is 31.2 Å². The summed E-state index contributed by atoms with van der Waals surface area (Å²) < 4.78 is 29.6. The van der Waals surface area contributed by atoms with E-state index in [1.54, 1.807) is 0 Å². The number of rotatable bonds is 6. The molecule has 0 N–H and O–H groups in total. The Kier molecular flexibility index (Phi) is 9.43. The molecule has 19 heavy (non-hydrogen) atoms. The largest absolute Gasteiger partial charge is 0.748 e. The van der Waals surface area contributed by atoms with Crippen molar-refractivity contribution in [2.75, 3.05) is 6.26 Å². The third-order valence-corrected chi connectivity index (χ3v) is 2.65. The summed E-state index contributed by atoms with van der Waals surface area (Å²) in [5, 5.41) is 0. The van der Waals surface area contributed by atoms with Crippen molar-refractivity contribution >= 4 is 10.1 Å². The summed E-state index contributed by atoms with van der Waals surface area (Å²) in [6.45, 7) is 5.66. The van der Waals surface area contributed by atoms with E-state index in [9.17, 15) is 0 Å². The molecule has 0 spiro atoms. The van der Waals surface area contributed by atoms with Crippen molar-refractivity contribution in [1.29, 1.82) is 0 Å². The minimum absolute atomic E-state index is 0.604. The maximum atomic E-state index is 9.08. The summed E-state index contributed by atoms with van der Waals surface area (Å²) in [4.78, 5) is 0. The van der Waals surface area contributed by atoms with Gasteiger partial charge in [-0.25, -0.2) is 13.0 Å². The number of hydrogen-bond acceptors (Lipinski definition) is 3. The van der Waals surface area contributed by atoms with Crippen LogP contribution in [-0.2, 0) is 23.1 Å². The topological polar surface area (TPSA) is 61.1 Å². The van der Waals surface area contributed by atoms with Gasteiger partial charge in [-0.05, 0) is 6.42 Å². The first-order chi connectivity index (χ1) is 8.88. The van der Waals surface area contributed by atoms with Gasteiger partial charge in [-0.15, -0.1) is 0 Å². The van der Waals surface area contributed by atoms with Crippen LogP contribution in [0.3, 0.4) is 0 Å². The Balaban J connectivity index is 0.000000555. The molecule has 1 heterocycles. The zero-order valence-corrected chi connectivity index (χ0v) is 12.9. The zero-order valence-electron chi connectivity index (χ0n) is 12.1. The molecule has 5 heteroatoms. The van der Waals surface area contributed by atoms with E-state index in [2.05, 4.69) is 42.8 Å². The fraction of sp³-hybridized carbons (Fsp3) is 0.643. The summed E-state index contributed by atoms with van der Waals surface area (Å²) >= 11 is 0. The van der Waals surface area contributed by atoms with Crippen LogP contribution in [0.15, 0.2) is 24.4 Å². The average Bonchev–Trinajstić information content (AvgIpc) is 2.33. The Labute approximate surface area is 117 Å². The highest BCUT2D eigenvalue weighted by molar-refractivity contribution is 7.84.